The number of nitrogens with zero attached hydrogens (tertiary/aromatic N) is 3. The summed E-state index contributed by atoms with van der Waals surface area (Å²) in [6, 6.07) is 11.2. The van der Waals surface area contributed by atoms with Gasteiger partial charge in [-0.1, -0.05) is 33.8 Å². The molecule has 3 aromatic rings. The van der Waals surface area contributed by atoms with E-state index in [1.54, 1.807) is 12.4 Å². The molecular weight excluding hydrogens is 390 g/mol. The van der Waals surface area contributed by atoms with Crippen LogP contribution >= 0.6 is 27.7 Å². The minimum Gasteiger partial charge on any atom is -0.325 e. The van der Waals surface area contributed by atoms with Gasteiger partial charge in [0.2, 0.25) is 11.1 Å². The first kappa shape index (κ1) is 16.7. The number of hydrogen-bond donors (Lipinski definition) is 2. The first-order valence-electron chi connectivity index (χ1n) is 7.18. The average Bonchev–Trinajstić information content (AvgIpc) is 3.04. The lowest BCUT2D eigenvalue weighted by atomic mass is 10.3. The van der Waals surface area contributed by atoms with Crippen LogP contribution in [0.15, 0.2) is 58.4 Å². The monoisotopic (exact) mass is 403 g/mol. The Balaban J connectivity index is 1.63. The second kappa shape index (κ2) is 7.59. The van der Waals surface area contributed by atoms with Gasteiger partial charge in [0.15, 0.2) is 5.82 Å². The molecule has 1 amide bonds. The molecule has 0 bridgehead atoms. The van der Waals surface area contributed by atoms with Crippen molar-refractivity contribution in [2.45, 2.75) is 17.3 Å². The Bertz CT molecular complexity index is 839. The molecule has 2 heterocycles. The molecule has 0 spiro atoms. The first-order valence-corrected chi connectivity index (χ1v) is 8.85. The van der Waals surface area contributed by atoms with Crippen LogP contribution in [-0.2, 0) is 4.79 Å². The average molecular weight is 404 g/mol. The maximum atomic E-state index is 12.3. The maximum Gasteiger partial charge on any atom is 0.237 e. The molecule has 3 rings (SSSR count). The summed E-state index contributed by atoms with van der Waals surface area (Å²) in [6.07, 6.45) is 3.39. The van der Waals surface area contributed by atoms with Crippen molar-refractivity contribution in [1.29, 1.82) is 0 Å². The molecule has 8 heteroatoms. The van der Waals surface area contributed by atoms with Crippen molar-refractivity contribution in [1.82, 2.24) is 20.2 Å². The molecule has 0 saturated heterocycles. The third kappa shape index (κ3) is 4.21. The van der Waals surface area contributed by atoms with E-state index in [1.807, 2.05) is 43.3 Å². The van der Waals surface area contributed by atoms with Crippen molar-refractivity contribution in [3.63, 3.8) is 0 Å². The van der Waals surface area contributed by atoms with Crippen LogP contribution in [0.3, 0.4) is 0 Å². The fraction of sp³-hybridized carbons (Fsp3) is 0.125. The Morgan fingerprint density at radius 1 is 1.29 bits per heavy atom. The molecule has 0 radical (unpaired) electrons. The lowest BCUT2D eigenvalue weighted by molar-refractivity contribution is -0.115. The third-order valence-electron chi connectivity index (χ3n) is 3.16. The summed E-state index contributed by atoms with van der Waals surface area (Å²) in [4.78, 5) is 20.7. The quantitative estimate of drug-likeness (QED) is 0.633. The molecule has 6 nitrogen and oxygen atoms in total. The van der Waals surface area contributed by atoms with Gasteiger partial charge in [-0.25, -0.2) is 4.98 Å². The number of nitrogens with one attached hydrogen (secondary N) is 2. The van der Waals surface area contributed by atoms with E-state index in [0.717, 1.165) is 15.7 Å². The highest BCUT2D eigenvalue weighted by atomic mass is 79.9. The normalized spacial score (nSPS) is 11.9. The number of carbonyl (C=O) groups excluding carboxylic acids is 1. The van der Waals surface area contributed by atoms with Gasteiger partial charge < -0.3 is 5.32 Å². The number of pyridine rings is 1. The standard InChI is InChI=1S/C16H14BrN5OS/c1-10(15(23)19-13-4-2-3-12(17)9-13)24-16-20-14(21-22-16)11-5-7-18-8-6-11/h2-10H,1H3,(H,19,23)(H,20,21,22)/t10-/m0/s1. The molecule has 0 fully saturated rings. The summed E-state index contributed by atoms with van der Waals surface area (Å²) < 4.78 is 0.913. The van der Waals surface area contributed by atoms with Crippen LogP contribution in [0.5, 0.6) is 0 Å². The first-order chi connectivity index (χ1) is 11.6. The number of aromatic nitrogens is 4. The van der Waals surface area contributed by atoms with Crippen molar-refractivity contribution >= 4 is 39.3 Å². The fourth-order valence-corrected chi connectivity index (χ4v) is 3.08. The van der Waals surface area contributed by atoms with Gasteiger partial charge in [0.05, 0.1) is 5.25 Å². The van der Waals surface area contributed by atoms with Crippen LogP contribution in [0, 0.1) is 0 Å². The maximum absolute atomic E-state index is 12.3. The number of amides is 1. The van der Waals surface area contributed by atoms with Crippen LogP contribution in [0.4, 0.5) is 5.69 Å². The summed E-state index contributed by atoms with van der Waals surface area (Å²) in [7, 11) is 0. The van der Waals surface area contributed by atoms with Gasteiger partial charge in [0, 0.05) is 28.1 Å². The van der Waals surface area contributed by atoms with E-state index in [4.69, 9.17) is 0 Å². The second-order valence-electron chi connectivity index (χ2n) is 4.96. The molecule has 1 aromatic carbocycles. The molecule has 0 unspecified atom stereocenters. The summed E-state index contributed by atoms with van der Waals surface area (Å²) in [6.45, 7) is 1.82. The highest BCUT2D eigenvalue weighted by Crippen LogP contribution is 2.24. The molecule has 122 valence electrons. The number of halogens is 1. The zero-order chi connectivity index (χ0) is 16.9. The SMILES string of the molecule is C[C@H](Sc1n[nH]c(-c2ccncc2)n1)C(=O)Nc1cccc(Br)c1. The zero-order valence-corrected chi connectivity index (χ0v) is 15.1. The Morgan fingerprint density at radius 2 is 2.08 bits per heavy atom. The van der Waals surface area contributed by atoms with E-state index in [9.17, 15) is 4.79 Å². The van der Waals surface area contributed by atoms with Gasteiger partial charge in [0.25, 0.3) is 0 Å². The predicted octanol–water partition coefficient (Wildman–Crippen LogP) is 3.75. The van der Waals surface area contributed by atoms with Crippen LogP contribution in [-0.4, -0.2) is 31.3 Å². The number of H-pyrrole nitrogens is 1. The number of carbonyl (C=O) groups is 1. The number of hydrogen-bond acceptors (Lipinski definition) is 5. The topological polar surface area (TPSA) is 83.6 Å². The number of thioether (sulfide) groups is 1. The zero-order valence-electron chi connectivity index (χ0n) is 12.7. The van der Waals surface area contributed by atoms with Crippen molar-refractivity contribution < 1.29 is 4.79 Å². The molecule has 1 atom stereocenters. The fourth-order valence-electron chi connectivity index (χ4n) is 1.96. The van der Waals surface area contributed by atoms with Crippen molar-refractivity contribution in [3.05, 3.63) is 53.3 Å². The predicted molar refractivity (Wildman–Crippen MR) is 97.7 cm³/mol. The Morgan fingerprint density at radius 3 is 2.83 bits per heavy atom. The molecule has 2 aromatic heterocycles. The van der Waals surface area contributed by atoms with E-state index in [-0.39, 0.29) is 11.2 Å². The van der Waals surface area contributed by atoms with E-state index in [1.165, 1.54) is 11.8 Å². The van der Waals surface area contributed by atoms with Gasteiger partial charge in [-0.15, -0.1) is 5.10 Å². The lowest BCUT2D eigenvalue weighted by Crippen LogP contribution is -2.22. The molecule has 0 aliphatic rings. The van der Waals surface area contributed by atoms with Gasteiger partial charge in [-0.2, -0.15) is 0 Å². The summed E-state index contributed by atoms with van der Waals surface area (Å²) in [5.74, 6) is 0.549. The van der Waals surface area contributed by atoms with E-state index < -0.39 is 0 Å². The molecular formula is C16H14BrN5OS. The minimum atomic E-state index is -0.329. The van der Waals surface area contributed by atoms with Crippen molar-refractivity contribution in [2.24, 2.45) is 0 Å². The highest BCUT2D eigenvalue weighted by molar-refractivity contribution is 9.10. The molecule has 0 saturated carbocycles. The molecule has 0 aliphatic heterocycles. The second-order valence-corrected chi connectivity index (χ2v) is 7.19. The Hall–Kier alpha value is -2.19. The van der Waals surface area contributed by atoms with Gasteiger partial charge in [-0.05, 0) is 37.3 Å². The summed E-state index contributed by atoms with van der Waals surface area (Å²) >= 11 is 4.68. The Kier molecular flexibility index (Phi) is 5.27. The number of benzene rings is 1. The molecule has 0 aliphatic carbocycles. The summed E-state index contributed by atoms with van der Waals surface area (Å²) in [5, 5.41) is 10.1. The van der Waals surface area contributed by atoms with Crippen LogP contribution in [0.25, 0.3) is 11.4 Å². The van der Waals surface area contributed by atoms with Crippen LogP contribution in [0.1, 0.15) is 6.92 Å². The van der Waals surface area contributed by atoms with Crippen molar-refractivity contribution in [3.8, 4) is 11.4 Å². The summed E-state index contributed by atoms with van der Waals surface area (Å²) in [5.41, 5.74) is 1.64. The van der Waals surface area contributed by atoms with Crippen molar-refractivity contribution in [2.75, 3.05) is 5.32 Å². The number of anilines is 1. The largest absolute Gasteiger partial charge is 0.325 e. The smallest absolute Gasteiger partial charge is 0.237 e. The number of aromatic amines is 1. The van der Waals surface area contributed by atoms with Gasteiger partial charge in [0.1, 0.15) is 0 Å². The van der Waals surface area contributed by atoms with E-state index in [0.29, 0.717) is 11.0 Å². The third-order valence-corrected chi connectivity index (χ3v) is 4.62. The van der Waals surface area contributed by atoms with Crippen LogP contribution in [0.2, 0.25) is 0 Å². The highest BCUT2D eigenvalue weighted by Gasteiger charge is 2.17. The Labute approximate surface area is 151 Å². The lowest BCUT2D eigenvalue weighted by Gasteiger charge is -2.10. The van der Waals surface area contributed by atoms with E-state index in [2.05, 4.69) is 41.4 Å². The molecule has 24 heavy (non-hydrogen) atoms. The minimum absolute atomic E-state index is 0.103. The van der Waals surface area contributed by atoms with Crippen LogP contribution < -0.4 is 5.32 Å². The van der Waals surface area contributed by atoms with Gasteiger partial charge in [-0.3, -0.25) is 14.9 Å². The molecule has 2 N–H and O–H groups in total. The number of rotatable bonds is 5. The van der Waals surface area contributed by atoms with E-state index >= 15 is 0 Å². The van der Waals surface area contributed by atoms with Gasteiger partial charge >= 0.3 is 0 Å².